The molecule has 0 bridgehead atoms. The van der Waals surface area contributed by atoms with E-state index < -0.39 is 200 Å². The van der Waals surface area contributed by atoms with Crippen LogP contribution in [0.25, 0.3) is 0 Å². The summed E-state index contributed by atoms with van der Waals surface area (Å²) in [6.07, 6.45) is -3.09. The van der Waals surface area contributed by atoms with Crippen LogP contribution in [0.1, 0.15) is 96.1 Å². The number of likely N-dealkylation sites (tertiary alicyclic amines) is 1. The highest BCUT2D eigenvalue weighted by Gasteiger charge is 2.41. The van der Waals surface area contributed by atoms with Crippen LogP contribution in [0.5, 0.6) is 0 Å². The van der Waals surface area contributed by atoms with E-state index in [-0.39, 0.29) is 76.2 Å². The van der Waals surface area contributed by atoms with Gasteiger partial charge in [-0.3, -0.25) is 72.1 Å². The third kappa shape index (κ3) is 28.7. The molecule has 1 aliphatic rings. The van der Waals surface area contributed by atoms with Gasteiger partial charge in [-0.2, -0.15) is 12.6 Å². The summed E-state index contributed by atoms with van der Waals surface area (Å²) in [5.41, 5.74) is 28.3. The molecule has 36 heteroatoms. The van der Waals surface area contributed by atoms with Crippen molar-refractivity contribution in [1.29, 1.82) is 0 Å². The summed E-state index contributed by atoms with van der Waals surface area (Å²) in [4.78, 5) is 205. The van der Waals surface area contributed by atoms with Crippen molar-refractivity contribution in [2.45, 2.75) is 164 Å². The van der Waals surface area contributed by atoms with Gasteiger partial charge in [0.15, 0.2) is 5.96 Å². The molecule has 0 saturated carbocycles. The summed E-state index contributed by atoms with van der Waals surface area (Å²) in [5.74, 6) is -16.7. The molecule has 1 saturated heterocycles. The fraction of sp³-hybridized carbons (Fsp3) is 0.533. The smallest absolute Gasteiger partial charge is 0.326 e. The molecule has 0 spiro atoms. The molecule has 1 aliphatic heterocycles. The largest absolute Gasteiger partial charge is 0.481 e. The minimum Gasteiger partial charge on any atom is -0.481 e. The van der Waals surface area contributed by atoms with Crippen molar-refractivity contribution in [2.24, 2.45) is 39.6 Å². The SMILES string of the molecule is CC(C)C[C@H](NC(=O)[C@H](CC(=O)O)NC(=O)[C@H](Cc1ccccc1)NC(=O)[C@H](CO)NC(=O)[C@@H]1CCCN1C(=O)[C@H](CCC(N)=O)NC(=O)[C@H](CCCN=C(N)N)NC(=O)[C@H](C)N)C(=O)N[C@@H](CCC(N)=O)C(=O)N[C@@H](CS)C(=O)NCC(=O)N[C@@H](Cc1ccccc1)C(=O)O. The van der Waals surface area contributed by atoms with Crippen molar-refractivity contribution in [2.75, 3.05) is 32.0 Å². The van der Waals surface area contributed by atoms with Crippen molar-refractivity contribution in [3.63, 3.8) is 0 Å². The summed E-state index contributed by atoms with van der Waals surface area (Å²) >= 11 is 4.13. The molecule has 3 rings (SSSR count). The Morgan fingerprint density at radius 1 is 0.562 bits per heavy atom. The van der Waals surface area contributed by atoms with Crippen LogP contribution in [0.2, 0.25) is 0 Å². The van der Waals surface area contributed by atoms with Gasteiger partial charge in [0, 0.05) is 44.5 Å². The van der Waals surface area contributed by atoms with Gasteiger partial charge in [-0.15, -0.1) is 0 Å². The van der Waals surface area contributed by atoms with E-state index in [1.54, 1.807) is 74.5 Å². The van der Waals surface area contributed by atoms with E-state index in [2.05, 4.69) is 70.8 Å². The molecule has 1 fully saturated rings. The molecule has 0 unspecified atom stereocenters. The Balaban J connectivity index is 1.84. The molecule has 1 heterocycles. The van der Waals surface area contributed by atoms with E-state index in [0.717, 1.165) is 4.90 Å². The van der Waals surface area contributed by atoms with Crippen molar-refractivity contribution in [1.82, 2.24) is 58.1 Å². The van der Waals surface area contributed by atoms with E-state index in [0.29, 0.717) is 11.1 Å². The number of carboxylic acid groups (broad SMARTS) is 2. The normalized spacial score (nSPS) is 15.7. The summed E-state index contributed by atoms with van der Waals surface area (Å²) in [5, 5.41) is 54.1. The quantitative estimate of drug-likeness (QED) is 0.0127. The maximum atomic E-state index is 14.4. The fourth-order valence-corrected chi connectivity index (χ4v) is 9.96. The predicted molar refractivity (Wildman–Crippen MR) is 346 cm³/mol. The number of aliphatic imine (C=N–C) groups is 1. The lowest BCUT2D eigenvalue weighted by Crippen LogP contribution is -2.61. The number of amides is 13. The molecule has 23 N–H and O–H groups in total. The average Bonchev–Trinajstić information content (AvgIpc) is 1.61. The first-order valence-electron chi connectivity index (χ1n) is 30.8. The average molecular weight is 1370 g/mol. The third-order valence-corrected chi connectivity index (χ3v) is 15.0. The van der Waals surface area contributed by atoms with Crippen LogP contribution in [-0.4, -0.2) is 213 Å². The molecule has 0 aliphatic carbocycles. The molecule has 0 radical (unpaired) electrons. The second-order valence-corrected chi connectivity index (χ2v) is 23.4. The van der Waals surface area contributed by atoms with Gasteiger partial charge in [-0.1, -0.05) is 74.5 Å². The van der Waals surface area contributed by atoms with Gasteiger partial charge in [0.2, 0.25) is 76.8 Å². The zero-order valence-electron chi connectivity index (χ0n) is 53.4. The van der Waals surface area contributed by atoms with Crippen molar-refractivity contribution >= 4 is 107 Å². The number of rotatable bonds is 42. The number of nitrogens with zero attached hydrogens (tertiary/aromatic N) is 2. The minimum atomic E-state index is -2.00. The Bertz CT molecular complexity index is 3090. The number of carbonyl (C=O) groups excluding carboxylic acids is 13. The number of aliphatic hydroxyl groups is 1. The topological polar surface area (TPSA) is 583 Å². The number of hydrogen-bond donors (Lipinski definition) is 19. The maximum Gasteiger partial charge on any atom is 0.326 e. The van der Waals surface area contributed by atoms with Gasteiger partial charge in [-0.25, -0.2) is 4.79 Å². The lowest BCUT2D eigenvalue weighted by Gasteiger charge is -2.31. The van der Waals surface area contributed by atoms with Gasteiger partial charge in [0.05, 0.1) is 25.6 Å². The van der Waals surface area contributed by atoms with E-state index >= 15 is 0 Å². The second-order valence-electron chi connectivity index (χ2n) is 23.1. The minimum absolute atomic E-state index is 0.000887. The monoisotopic (exact) mass is 1370 g/mol. The van der Waals surface area contributed by atoms with Crippen LogP contribution in [0.3, 0.4) is 0 Å². The summed E-state index contributed by atoms with van der Waals surface area (Å²) in [6, 6.07) is -0.468. The lowest BCUT2D eigenvalue weighted by atomic mass is 10.0. The highest BCUT2D eigenvalue weighted by molar-refractivity contribution is 7.80. The van der Waals surface area contributed by atoms with Gasteiger partial charge in [-0.05, 0) is 68.9 Å². The van der Waals surface area contributed by atoms with Crippen LogP contribution in [0.15, 0.2) is 65.7 Å². The number of aliphatic carboxylic acids is 2. The number of carbonyl (C=O) groups is 15. The Hall–Kier alpha value is -9.97. The number of hydrogen-bond acceptors (Lipinski definition) is 19. The Morgan fingerprint density at radius 2 is 1.03 bits per heavy atom. The van der Waals surface area contributed by atoms with Gasteiger partial charge < -0.3 is 102 Å². The fourth-order valence-electron chi connectivity index (χ4n) is 9.70. The third-order valence-electron chi connectivity index (χ3n) is 14.7. The summed E-state index contributed by atoms with van der Waals surface area (Å²) in [6.45, 7) is 2.83. The zero-order chi connectivity index (χ0) is 71.8. The van der Waals surface area contributed by atoms with Gasteiger partial charge in [0.25, 0.3) is 0 Å². The van der Waals surface area contributed by atoms with Crippen molar-refractivity contribution in [3.8, 4) is 0 Å². The van der Waals surface area contributed by atoms with Crippen LogP contribution < -0.4 is 81.8 Å². The number of nitrogens with two attached hydrogens (primary N) is 5. The molecule has 13 amide bonds. The molecular weight excluding hydrogens is 1280 g/mol. The standard InChI is InChI=1S/C60H89N17O18S/c1-31(2)24-38(53(88)70-36(18-20-45(62)79)52(87)76-43(30-96)50(85)67-28-47(81)68-41(59(94)95)26-34-14-8-5-9-15-34)72-55(90)40(27-48(82)83)74-54(89)39(25-33-12-6-4-7-13-33)73-56(91)42(29-78)75-57(92)44-17-11-23-77(44)58(93)37(19-21-46(63)80)71-51(86)35(69-49(84)32(3)61)16-10-22-66-60(64)65/h4-9,12-15,31-32,35-44,78,96H,10-11,16-30,61H2,1-3H3,(H2,62,79)(H2,63,80)(H,67,85)(H,68,81)(H,69,84)(H,70,88)(H,71,86)(H,72,90)(H,73,91)(H,74,89)(H,75,92)(H,76,87)(H,82,83)(H,94,95)(H4,64,65,66)/t32-,35-,36-,37-,38-,39-,40-,41-,42-,43-,44-/m0/s1. The van der Waals surface area contributed by atoms with Crippen LogP contribution >= 0.6 is 12.6 Å². The lowest BCUT2D eigenvalue weighted by molar-refractivity contribution is -0.143. The number of thiol groups is 1. The molecule has 35 nitrogen and oxygen atoms in total. The molecule has 528 valence electrons. The summed E-state index contributed by atoms with van der Waals surface area (Å²) in [7, 11) is 0. The van der Waals surface area contributed by atoms with E-state index in [9.17, 15) is 87.2 Å². The van der Waals surface area contributed by atoms with Crippen molar-refractivity contribution in [3.05, 3.63) is 71.8 Å². The molecule has 2 aromatic carbocycles. The molecule has 11 atom stereocenters. The van der Waals surface area contributed by atoms with Crippen LogP contribution in [0.4, 0.5) is 0 Å². The highest BCUT2D eigenvalue weighted by Crippen LogP contribution is 2.21. The van der Waals surface area contributed by atoms with Gasteiger partial charge in [0.1, 0.15) is 60.4 Å². The Kier molecular flexibility index (Phi) is 34.3. The molecule has 96 heavy (non-hydrogen) atoms. The first-order valence-corrected chi connectivity index (χ1v) is 31.4. The predicted octanol–water partition coefficient (Wildman–Crippen LogP) is -6.60. The molecular formula is C60H89N17O18S. The number of aliphatic hydroxyl groups excluding tert-OH is 1. The Morgan fingerprint density at radius 3 is 1.55 bits per heavy atom. The van der Waals surface area contributed by atoms with E-state index in [4.69, 9.17) is 28.7 Å². The van der Waals surface area contributed by atoms with E-state index in [1.807, 2.05) is 0 Å². The second kappa shape index (κ2) is 41.0. The number of carboxylic acids is 2. The van der Waals surface area contributed by atoms with Crippen molar-refractivity contribution < 1.29 is 87.2 Å². The number of primary amides is 2. The zero-order valence-corrected chi connectivity index (χ0v) is 54.3. The van der Waals surface area contributed by atoms with Crippen LogP contribution in [0, 0.1) is 5.92 Å². The van der Waals surface area contributed by atoms with Crippen LogP contribution in [-0.2, 0) is 84.8 Å². The molecule has 2 aromatic rings. The van der Waals surface area contributed by atoms with Gasteiger partial charge >= 0.3 is 11.9 Å². The number of nitrogens with one attached hydrogen (secondary N) is 10. The highest BCUT2D eigenvalue weighted by atomic mass is 32.1. The Labute approximate surface area is 558 Å². The first-order chi connectivity index (χ1) is 45.3. The molecule has 0 aromatic heterocycles. The maximum absolute atomic E-state index is 14.4. The number of guanidine groups is 1. The van der Waals surface area contributed by atoms with E-state index in [1.165, 1.54) is 6.92 Å². The summed E-state index contributed by atoms with van der Waals surface area (Å²) < 4.78 is 0. The first kappa shape index (κ1) is 80.3. The number of benzene rings is 2.